The van der Waals surface area contributed by atoms with E-state index in [4.69, 9.17) is 5.11 Å². The second-order valence-corrected chi connectivity index (χ2v) is 3.70. The maximum Gasteiger partial charge on any atom is 0.313 e. The van der Waals surface area contributed by atoms with E-state index in [2.05, 4.69) is 0 Å². The lowest BCUT2D eigenvalue weighted by atomic mass is 9.97. The summed E-state index contributed by atoms with van der Waals surface area (Å²) in [7, 11) is 0. The minimum absolute atomic E-state index is 0.0699. The molecule has 0 radical (unpaired) electrons. The van der Waals surface area contributed by atoms with Gasteiger partial charge in [0.05, 0.1) is 0 Å². The molecule has 4 heteroatoms. The van der Waals surface area contributed by atoms with Crippen LogP contribution in [0.5, 0.6) is 0 Å². The first-order valence-corrected chi connectivity index (χ1v) is 4.13. The number of aliphatic carboxylic acids is 1. The van der Waals surface area contributed by atoms with Crippen molar-refractivity contribution in [2.75, 3.05) is 0 Å². The lowest BCUT2D eigenvalue weighted by Crippen LogP contribution is -2.21. The third kappa shape index (κ3) is 0.660. The summed E-state index contributed by atoms with van der Waals surface area (Å²) in [6.07, 6.45) is 1.35. The Morgan fingerprint density at radius 3 is 2.00 bits per heavy atom. The van der Waals surface area contributed by atoms with Gasteiger partial charge in [0.15, 0.2) is 11.3 Å². The summed E-state index contributed by atoms with van der Waals surface area (Å²) in [6, 6.07) is 0. The molecule has 2 aliphatic rings. The molecule has 2 nitrogen and oxygen atoms in total. The van der Waals surface area contributed by atoms with Gasteiger partial charge < -0.3 is 5.11 Å². The van der Waals surface area contributed by atoms with Crippen LogP contribution in [0.4, 0.5) is 8.78 Å². The molecule has 0 saturated heterocycles. The van der Waals surface area contributed by atoms with Crippen molar-refractivity contribution < 1.29 is 18.7 Å². The van der Waals surface area contributed by atoms with Gasteiger partial charge in [-0.05, 0) is 25.7 Å². The number of rotatable bonds is 1. The first kappa shape index (κ1) is 7.95. The molecule has 68 valence electrons. The van der Waals surface area contributed by atoms with Crippen LogP contribution >= 0.6 is 0 Å². The number of fused-ring (bicyclic) bond motifs is 1. The molecule has 0 spiro atoms. The summed E-state index contributed by atoms with van der Waals surface area (Å²) in [5, 5.41) is 8.53. The Morgan fingerprint density at radius 1 is 1.25 bits per heavy atom. The van der Waals surface area contributed by atoms with Crippen LogP contribution < -0.4 is 0 Å². The molecule has 0 bridgehead atoms. The van der Waals surface area contributed by atoms with Gasteiger partial charge in [-0.3, -0.25) is 4.79 Å². The van der Waals surface area contributed by atoms with Crippen molar-refractivity contribution in [3.63, 3.8) is 0 Å². The van der Waals surface area contributed by atoms with Crippen molar-refractivity contribution >= 4 is 5.97 Å². The summed E-state index contributed by atoms with van der Waals surface area (Å²) < 4.78 is 27.0. The van der Waals surface area contributed by atoms with E-state index in [0.717, 1.165) is 0 Å². The molecular formula is C8H10F2O2. The maximum absolute atomic E-state index is 13.5. The fraction of sp³-hybridized carbons (Fsp3) is 0.875. The molecule has 2 unspecified atom stereocenters. The van der Waals surface area contributed by atoms with Gasteiger partial charge in [-0.1, -0.05) is 0 Å². The van der Waals surface area contributed by atoms with Crippen molar-refractivity contribution in [3.05, 3.63) is 0 Å². The van der Waals surface area contributed by atoms with Crippen molar-refractivity contribution in [3.8, 4) is 0 Å². The van der Waals surface area contributed by atoms with Crippen LogP contribution in [-0.4, -0.2) is 22.4 Å². The van der Waals surface area contributed by atoms with E-state index in [-0.39, 0.29) is 12.8 Å². The number of carboxylic acid groups (broad SMARTS) is 1. The fourth-order valence-corrected chi connectivity index (χ4v) is 2.39. The monoisotopic (exact) mass is 176 g/mol. The molecule has 12 heavy (non-hydrogen) atoms. The topological polar surface area (TPSA) is 37.3 Å². The molecule has 2 aliphatic carbocycles. The zero-order valence-corrected chi connectivity index (χ0v) is 6.52. The number of carboxylic acids is 1. The smallest absolute Gasteiger partial charge is 0.313 e. The van der Waals surface area contributed by atoms with Crippen LogP contribution in [0.15, 0.2) is 0 Å². The van der Waals surface area contributed by atoms with Gasteiger partial charge in [0.1, 0.15) is 5.92 Å². The SMILES string of the molecule is O=C(O)C1C2(F)CCCCC12F. The summed E-state index contributed by atoms with van der Waals surface area (Å²) in [4.78, 5) is 10.5. The molecule has 0 aromatic carbocycles. The highest BCUT2D eigenvalue weighted by atomic mass is 19.2. The van der Waals surface area contributed by atoms with E-state index in [1.807, 2.05) is 0 Å². The second kappa shape index (κ2) is 1.98. The van der Waals surface area contributed by atoms with Gasteiger partial charge in [-0.15, -0.1) is 0 Å². The second-order valence-electron chi connectivity index (χ2n) is 3.70. The number of carbonyl (C=O) groups is 1. The van der Waals surface area contributed by atoms with Crippen LogP contribution in [0.25, 0.3) is 0 Å². The molecule has 0 aliphatic heterocycles. The third-order valence-corrected chi connectivity index (χ3v) is 3.10. The molecule has 2 atom stereocenters. The first-order valence-electron chi connectivity index (χ1n) is 4.13. The van der Waals surface area contributed by atoms with Crippen molar-refractivity contribution in [1.82, 2.24) is 0 Å². The minimum atomic E-state index is -2.04. The first-order chi connectivity index (χ1) is 5.52. The number of alkyl halides is 2. The van der Waals surface area contributed by atoms with E-state index < -0.39 is 23.2 Å². The highest BCUT2D eigenvalue weighted by molar-refractivity contribution is 5.79. The maximum atomic E-state index is 13.5. The molecule has 2 rings (SSSR count). The van der Waals surface area contributed by atoms with Crippen LogP contribution in [0.3, 0.4) is 0 Å². The third-order valence-electron chi connectivity index (χ3n) is 3.10. The lowest BCUT2D eigenvalue weighted by Gasteiger charge is -2.16. The number of halogens is 2. The molecule has 2 saturated carbocycles. The Morgan fingerprint density at radius 2 is 1.67 bits per heavy atom. The number of hydrogen-bond donors (Lipinski definition) is 1. The van der Waals surface area contributed by atoms with Gasteiger partial charge in [0, 0.05) is 0 Å². The zero-order chi connectivity index (χ0) is 8.98. The molecule has 0 amide bonds. The summed E-state index contributed by atoms with van der Waals surface area (Å²) >= 11 is 0. The van der Waals surface area contributed by atoms with E-state index >= 15 is 0 Å². The van der Waals surface area contributed by atoms with Gasteiger partial charge in [-0.2, -0.15) is 0 Å². The molecule has 0 aromatic heterocycles. The van der Waals surface area contributed by atoms with Crippen LogP contribution in [-0.2, 0) is 4.79 Å². The highest BCUT2D eigenvalue weighted by Gasteiger charge is 2.83. The Balaban J connectivity index is 2.26. The largest absolute Gasteiger partial charge is 0.481 e. The Labute approximate surface area is 68.6 Å². The van der Waals surface area contributed by atoms with Crippen LogP contribution in [0, 0.1) is 5.92 Å². The number of hydrogen-bond acceptors (Lipinski definition) is 1. The van der Waals surface area contributed by atoms with Gasteiger partial charge in [-0.25, -0.2) is 8.78 Å². The molecular weight excluding hydrogens is 166 g/mol. The quantitative estimate of drug-likeness (QED) is 0.660. The predicted octanol–water partition coefficient (Wildman–Crippen LogP) is 1.69. The van der Waals surface area contributed by atoms with E-state index in [9.17, 15) is 13.6 Å². The molecule has 0 heterocycles. The lowest BCUT2D eigenvalue weighted by molar-refractivity contribution is -0.140. The highest BCUT2D eigenvalue weighted by Crippen LogP contribution is 2.67. The van der Waals surface area contributed by atoms with Crippen LogP contribution in [0.2, 0.25) is 0 Å². The van der Waals surface area contributed by atoms with Crippen molar-refractivity contribution in [2.24, 2.45) is 5.92 Å². The Bertz CT molecular complexity index is 225. The van der Waals surface area contributed by atoms with Gasteiger partial charge in [0.2, 0.25) is 0 Å². The Kier molecular flexibility index (Phi) is 1.31. The zero-order valence-electron chi connectivity index (χ0n) is 6.52. The van der Waals surface area contributed by atoms with E-state index in [1.165, 1.54) is 0 Å². The average Bonchev–Trinajstić information content (AvgIpc) is 2.47. The van der Waals surface area contributed by atoms with Crippen LogP contribution in [0.1, 0.15) is 25.7 Å². The van der Waals surface area contributed by atoms with E-state index in [1.54, 1.807) is 0 Å². The van der Waals surface area contributed by atoms with E-state index in [0.29, 0.717) is 12.8 Å². The predicted molar refractivity (Wildman–Crippen MR) is 37.3 cm³/mol. The minimum Gasteiger partial charge on any atom is -0.481 e. The fourth-order valence-electron chi connectivity index (χ4n) is 2.39. The van der Waals surface area contributed by atoms with Gasteiger partial charge >= 0.3 is 5.97 Å². The summed E-state index contributed by atoms with van der Waals surface area (Å²) in [6.45, 7) is 0. The summed E-state index contributed by atoms with van der Waals surface area (Å²) in [5.74, 6) is -2.73. The average molecular weight is 176 g/mol. The summed E-state index contributed by atoms with van der Waals surface area (Å²) in [5.41, 5.74) is -4.09. The van der Waals surface area contributed by atoms with Crippen molar-refractivity contribution in [2.45, 2.75) is 37.0 Å². The Hall–Kier alpha value is -0.670. The molecule has 0 aromatic rings. The molecule has 2 fully saturated rings. The van der Waals surface area contributed by atoms with Gasteiger partial charge in [0.25, 0.3) is 0 Å². The van der Waals surface area contributed by atoms with Crippen molar-refractivity contribution in [1.29, 1.82) is 0 Å². The molecule has 1 N–H and O–H groups in total. The standard InChI is InChI=1S/C8H10F2O2/c9-7-3-1-2-4-8(7,10)5(7)6(11)12/h5H,1-4H2,(H,11,12). The normalized spacial score (nSPS) is 51.3.